The van der Waals surface area contributed by atoms with Crippen molar-refractivity contribution in [2.75, 3.05) is 14.1 Å². The minimum absolute atomic E-state index is 0.0456. The van der Waals surface area contributed by atoms with Gasteiger partial charge in [-0.15, -0.1) is 11.3 Å². The smallest absolute Gasteiger partial charge is 0.272 e. The van der Waals surface area contributed by atoms with Gasteiger partial charge < -0.3 is 4.90 Å². The Kier molecular flexibility index (Phi) is 2.89. The first kappa shape index (κ1) is 12.7. The Morgan fingerprint density at radius 1 is 1.47 bits per heavy atom. The van der Waals surface area contributed by atoms with E-state index in [4.69, 9.17) is 0 Å². The van der Waals surface area contributed by atoms with Crippen molar-refractivity contribution in [2.24, 2.45) is 5.92 Å². The second-order valence-corrected chi connectivity index (χ2v) is 6.75. The highest BCUT2D eigenvalue weighted by Crippen LogP contribution is 2.34. The summed E-state index contributed by atoms with van der Waals surface area (Å²) in [7, 11) is 3.59. The zero-order chi connectivity index (χ0) is 13.7. The van der Waals surface area contributed by atoms with Gasteiger partial charge in [-0.05, 0) is 32.1 Å². The zero-order valence-electron chi connectivity index (χ0n) is 11.9. The van der Waals surface area contributed by atoms with Gasteiger partial charge >= 0.3 is 0 Å². The number of rotatable bonds is 1. The highest BCUT2D eigenvalue weighted by Gasteiger charge is 2.26. The van der Waals surface area contributed by atoms with Crippen LogP contribution in [-0.4, -0.2) is 34.3 Å². The van der Waals surface area contributed by atoms with Crippen molar-refractivity contribution < 1.29 is 4.79 Å². The number of hydrogen-bond acceptors (Lipinski definition) is 3. The van der Waals surface area contributed by atoms with Crippen LogP contribution in [0, 0.1) is 12.8 Å². The van der Waals surface area contributed by atoms with E-state index in [1.165, 1.54) is 17.0 Å². The summed E-state index contributed by atoms with van der Waals surface area (Å²) >= 11 is 1.75. The number of hydrogen-bond donors (Lipinski definition) is 0. The molecular formula is C14H19N3OS. The number of aryl methyl sites for hydroxylation is 2. The molecule has 5 heteroatoms. The largest absolute Gasteiger partial charge is 0.343 e. The molecule has 0 bridgehead atoms. The molecule has 1 atom stereocenters. The standard InChI is InChI=1S/C14H19N3OS/c1-8-5-6-10-11(7-8)19-14-15-9(2)12(17(10)14)13(18)16(3)4/h8H,5-7H2,1-4H3. The second kappa shape index (κ2) is 4.34. The first-order chi connectivity index (χ1) is 8.99. The lowest BCUT2D eigenvalue weighted by Gasteiger charge is -2.18. The van der Waals surface area contributed by atoms with Crippen molar-refractivity contribution in [2.45, 2.75) is 33.1 Å². The topological polar surface area (TPSA) is 37.6 Å². The first-order valence-corrected chi connectivity index (χ1v) is 7.52. The number of thiazole rings is 1. The molecule has 1 aliphatic carbocycles. The molecule has 0 saturated heterocycles. The van der Waals surface area contributed by atoms with Gasteiger partial charge in [0.05, 0.1) is 5.69 Å². The van der Waals surface area contributed by atoms with Crippen LogP contribution in [0.5, 0.6) is 0 Å². The Morgan fingerprint density at radius 2 is 2.21 bits per heavy atom. The van der Waals surface area contributed by atoms with Gasteiger partial charge in [0.1, 0.15) is 5.69 Å². The fourth-order valence-corrected chi connectivity index (χ4v) is 4.17. The highest BCUT2D eigenvalue weighted by atomic mass is 32.1. The van der Waals surface area contributed by atoms with Crippen LogP contribution in [0.25, 0.3) is 4.96 Å². The van der Waals surface area contributed by atoms with E-state index in [2.05, 4.69) is 16.3 Å². The number of fused-ring (bicyclic) bond motifs is 3. The van der Waals surface area contributed by atoms with Crippen LogP contribution in [0.1, 0.15) is 40.1 Å². The van der Waals surface area contributed by atoms with E-state index >= 15 is 0 Å². The molecule has 2 aromatic rings. The van der Waals surface area contributed by atoms with Gasteiger partial charge in [0.15, 0.2) is 4.96 Å². The highest BCUT2D eigenvalue weighted by molar-refractivity contribution is 7.17. The molecule has 1 unspecified atom stereocenters. The van der Waals surface area contributed by atoms with Crippen LogP contribution in [0.4, 0.5) is 0 Å². The molecule has 19 heavy (non-hydrogen) atoms. The Balaban J connectivity index is 2.22. The average Bonchev–Trinajstić information content (AvgIpc) is 2.81. The van der Waals surface area contributed by atoms with Gasteiger partial charge in [-0.3, -0.25) is 9.20 Å². The van der Waals surface area contributed by atoms with Crippen LogP contribution >= 0.6 is 11.3 Å². The van der Waals surface area contributed by atoms with E-state index in [9.17, 15) is 4.79 Å². The molecule has 0 saturated carbocycles. The second-order valence-electron chi connectivity index (χ2n) is 5.68. The van der Waals surface area contributed by atoms with Crippen molar-refractivity contribution in [1.29, 1.82) is 0 Å². The summed E-state index contributed by atoms with van der Waals surface area (Å²) in [6.07, 6.45) is 3.38. The molecule has 102 valence electrons. The van der Waals surface area contributed by atoms with Crippen LogP contribution in [0.2, 0.25) is 0 Å². The predicted octanol–water partition coefficient (Wildman–Crippen LogP) is 2.53. The number of nitrogens with zero attached hydrogens (tertiary/aromatic N) is 3. The lowest BCUT2D eigenvalue weighted by atomic mass is 9.93. The maximum absolute atomic E-state index is 12.4. The minimum atomic E-state index is 0.0456. The van der Waals surface area contributed by atoms with E-state index in [-0.39, 0.29) is 5.91 Å². The zero-order valence-corrected chi connectivity index (χ0v) is 12.7. The number of carbonyl (C=O) groups excluding carboxylic acids is 1. The van der Waals surface area contributed by atoms with Gasteiger partial charge in [-0.1, -0.05) is 6.92 Å². The van der Waals surface area contributed by atoms with E-state index < -0.39 is 0 Å². The summed E-state index contributed by atoms with van der Waals surface area (Å²) < 4.78 is 2.10. The fourth-order valence-electron chi connectivity index (χ4n) is 2.79. The maximum Gasteiger partial charge on any atom is 0.272 e. The van der Waals surface area contributed by atoms with Crippen molar-refractivity contribution in [3.05, 3.63) is 22.0 Å². The molecule has 0 radical (unpaired) electrons. The van der Waals surface area contributed by atoms with Gasteiger partial charge in [0.2, 0.25) is 0 Å². The van der Waals surface area contributed by atoms with Gasteiger partial charge in [-0.25, -0.2) is 4.98 Å². The molecule has 1 amide bonds. The van der Waals surface area contributed by atoms with Crippen LogP contribution in [-0.2, 0) is 12.8 Å². The SMILES string of the molecule is Cc1nc2sc3c(n2c1C(=O)N(C)C)CCC(C)C3. The Morgan fingerprint density at radius 3 is 2.89 bits per heavy atom. The average molecular weight is 277 g/mol. The van der Waals surface area contributed by atoms with Crippen LogP contribution in [0.3, 0.4) is 0 Å². The summed E-state index contributed by atoms with van der Waals surface area (Å²) in [6.45, 7) is 4.22. The van der Waals surface area contributed by atoms with Crippen molar-refractivity contribution >= 4 is 22.2 Å². The molecule has 0 N–H and O–H groups in total. The van der Waals surface area contributed by atoms with E-state index in [1.54, 1.807) is 30.3 Å². The molecular weight excluding hydrogens is 258 g/mol. The van der Waals surface area contributed by atoms with E-state index in [1.807, 2.05) is 6.92 Å². The van der Waals surface area contributed by atoms with E-state index in [0.29, 0.717) is 0 Å². The third-order valence-corrected chi connectivity index (χ3v) is 4.95. The molecule has 1 aliphatic rings. The first-order valence-electron chi connectivity index (χ1n) is 6.70. The van der Waals surface area contributed by atoms with Crippen LogP contribution < -0.4 is 0 Å². The minimum Gasteiger partial charge on any atom is -0.343 e. The van der Waals surface area contributed by atoms with Gasteiger partial charge in [-0.2, -0.15) is 0 Å². The summed E-state index contributed by atoms with van der Waals surface area (Å²) in [5, 5.41) is 0. The number of carbonyl (C=O) groups is 1. The Hall–Kier alpha value is -1.36. The van der Waals surface area contributed by atoms with Crippen molar-refractivity contribution in [3.63, 3.8) is 0 Å². The lowest BCUT2D eigenvalue weighted by molar-refractivity contribution is 0.0820. The number of amides is 1. The molecule has 0 aliphatic heterocycles. The summed E-state index contributed by atoms with van der Waals surface area (Å²) in [5.74, 6) is 0.786. The molecule has 2 aromatic heterocycles. The summed E-state index contributed by atoms with van der Waals surface area (Å²) in [4.78, 5) is 21.0. The Bertz CT molecular complexity index is 653. The third-order valence-electron chi connectivity index (χ3n) is 3.84. The quantitative estimate of drug-likeness (QED) is 0.803. The third kappa shape index (κ3) is 1.87. The van der Waals surface area contributed by atoms with Crippen LogP contribution in [0.15, 0.2) is 0 Å². The normalized spacial score (nSPS) is 18.6. The summed E-state index contributed by atoms with van der Waals surface area (Å²) in [5.41, 5.74) is 2.89. The molecule has 0 aromatic carbocycles. The molecule has 0 spiro atoms. The Labute approximate surface area is 117 Å². The predicted molar refractivity (Wildman–Crippen MR) is 77.0 cm³/mol. The number of imidazole rings is 1. The fraction of sp³-hybridized carbons (Fsp3) is 0.571. The molecule has 2 heterocycles. The van der Waals surface area contributed by atoms with Crippen molar-refractivity contribution in [3.8, 4) is 0 Å². The maximum atomic E-state index is 12.4. The van der Waals surface area contributed by atoms with Crippen molar-refractivity contribution in [1.82, 2.24) is 14.3 Å². The molecule has 4 nitrogen and oxygen atoms in total. The van der Waals surface area contributed by atoms with E-state index in [0.717, 1.165) is 35.1 Å². The van der Waals surface area contributed by atoms with Gasteiger partial charge in [0.25, 0.3) is 5.91 Å². The van der Waals surface area contributed by atoms with Gasteiger partial charge in [0, 0.05) is 24.7 Å². The number of aromatic nitrogens is 2. The lowest BCUT2D eigenvalue weighted by Crippen LogP contribution is -2.25. The monoisotopic (exact) mass is 277 g/mol. The molecule has 3 rings (SSSR count). The molecule has 0 fully saturated rings. The summed E-state index contributed by atoms with van der Waals surface area (Å²) in [6, 6.07) is 0.